The van der Waals surface area contributed by atoms with Crippen molar-refractivity contribution in [1.29, 1.82) is 0 Å². The smallest absolute Gasteiger partial charge is 0.242 e. The van der Waals surface area contributed by atoms with E-state index in [9.17, 15) is 8.42 Å². The zero-order chi connectivity index (χ0) is 11.8. The molecule has 0 amide bonds. The Labute approximate surface area is 100 Å². The van der Waals surface area contributed by atoms with Crippen LogP contribution in [0, 0.1) is 0 Å². The van der Waals surface area contributed by atoms with E-state index in [0.29, 0.717) is 19.6 Å². The predicted octanol–water partition coefficient (Wildman–Crippen LogP) is 1.27. The summed E-state index contributed by atoms with van der Waals surface area (Å²) < 4.78 is 25.7. The molecule has 16 heavy (non-hydrogen) atoms. The van der Waals surface area contributed by atoms with Crippen LogP contribution in [0.2, 0.25) is 0 Å². The Balaban J connectivity index is 2.45. The number of nitrogens with zero attached hydrogens (tertiary/aromatic N) is 1. The fraction of sp³-hybridized carbons (Fsp3) is 0.600. The first-order valence-corrected chi connectivity index (χ1v) is 7.54. The van der Waals surface area contributed by atoms with E-state index in [0.717, 1.165) is 5.00 Å². The molecule has 2 rings (SSSR count). The summed E-state index contributed by atoms with van der Waals surface area (Å²) in [6.07, 6.45) is 0. The van der Waals surface area contributed by atoms with Gasteiger partial charge in [-0.2, -0.15) is 0 Å². The van der Waals surface area contributed by atoms with E-state index in [1.807, 2.05) is 17.5 Å². The summed E-state index contributed by atoms with van der Waals surface area (Å²) in [5.41, 5.74) is 0. The van der Waals surface area contributed by atoms with Gasteiger partial charge in [-0.1, -0.05) is 0 Å². The molecule has 1 fully saturated rings. The molecule has 90 valence electrons. The zero-order valence-corrected chi connectivity index (χ0v) is 11.1. The maximum Gasteiger partial charge on any atom is 0.242 e. The molecule has 2 heterocycles. The summed E-state index contributed by atoms with van der Waals surface area (Å²) >= 11 is 1.46. The highest BCUT2D eigenvalue weighted by Crippen LogP contribution is 2.30. The Morgan fingerprint density at radius 3 is 2.88 bits per heavy atom. The van der Waals surface area contributed by atoms with Crippen molar-refractivity contribution in [1.82, 2.24) is 5.32 Å². The maximum atomic E-state index is 12.4. The highest BCUT2D eigenvalue weighted by molar-refractivity contribution is 7.94. The summed E-state index contributed by atoms with van der Waals surface area (Å²) in [6, 6.07) is 3.73. The largest absolute Gasteiger partial charge is 0.313 e. The van der Waals surface area contributed by atoms with E-state index in [1.54, 1.807) is 13.8 Å². The summed E-state index contributed by atoms with van der Waals surface area (Å²) in [5.74, 6) is 0. The maximum absolute atomic E-state index is 12.4. The van der Waals surface area contributed by atoms with Gasteiger partial charge in [0, 0.05) is 19.6 Å². The lowest BCUT2D eigenvalue weighted by molar-refractivity contribution is 0.535. The van der Waals surface area contributed by atoms with Gasteiger partial charge in [0.15, 0.2) is 0 Å². The van der Waals surface area contributed by atoms with E-state index in [-0.39, 0.29) is 0 Å². The van der Waals surface area contributed by atoms with Crippen molar-refractivity contribution >= 4 is 26.4 Å². The van der Waals surface area contributed by atoms with Gasteiger partial charge in [0.25, 0.3) is 0 Å². The fourth-order valence-electron chi connectivity index (χ4n) is 1.72. The predicted molar refractivity (Wildman–Crippen MR) is 67.5 cm³/mol. The SMILES string of the molecule is CC1(C)CNCCN(c2cccs2)S1(=O)=O. The molecule has 0 atom stereocenters. The monoisotopic (exact) mass is 260 g/mol. The van der Waals surface area contributed by atoms with Gasteiger partial charge in [-0.3, -0.25) is 4.31 Å². The van der Waals surface area contributed by atoms with Crippen LogP contribution in [0.5, 0.6) is 0 Å². The number of hydrogen-bond acceptors (Lipinski definition) is 4. The molecule has 4 nitrogen and oxygen atoms in total. The molecule has 0 unspecified atom stereocenters. The highest BCUT2D eigenvalue weighted by Gasteiger charge is 2.41. The van der Waals surface area contributed by atoms with Gasteiger partial charge >= 0.3 is 0 Å². The van der Waals surface area contributed by atoms with Crippen molar-refractivity contribution in [2.75, 3.05) is 23.9 Å². The summed E-state index contributed by atoms with van der Waals surface area (Å²) in [7, 11) is -3.28. The molecule has 1 aliphatic heterocycles. The second-order valence-electron chi connectivity index (χ2n) is 4.46. The number of anilines is 1. The van der Waals surface area contributed by atoms with Crippen LogP contribution >= 0.6 is 11.3 Å². The van der Waals surface area contributed by atoms with Gasteiger partial charge in [0.1, 0.15) is 5.00 Å². The second kappa shape index (κ2) is 4.01. The highest BCUT2D eigenvalue weighted by atomic mass is 32.2. The minimum absolute atomic E-state index is 0.497. The topological polar surface area (TPSA) is 49.4 Å². The molecule has 1 aromatic heterocycles. The van der Waals surface area contributed by atoms with E-state index in [2.05, 4.69) is 5.32 Å². The molecule has 1 aromatic rings. The fourth-order valence-corrected chi connectivity index (χ4v) is 4.32. The lowest BCUT2D eigenvalue weighted by Gasteiger charge is -2.29. The third kappa shape index (κ3) is 1.85. The second-order valence-corrected chi connectivity index (χ2v) is 7.89. The molecule has 0 radical (unpaired) electrons. The summed E-state index contributed by atoms with van der Waals surface area (Å²) in [4.78, 5) is 0. The van der Waals surface area contributed by atoms with Gasteiger partial charge in [-0.25, -0.2) is 8.42 Å². The number of sulfonamides is 1. The van der Waals surface area contributed by atoms with Crippen molar-refractivity contribution in [2.45, 2.75) is 18.6 Å². The van der Waals surface area contributed by atoms with Crippen LogP contribution in [0.4, 0.5) is 5.00 Å². The van der Waals surface area contributed by atoms with Crippen LogP contribution in [0.25, 0.3) is 0 Å². The summed E-state index contributed by atoms with van der Waals surface area (Å²) in [5, 5.41) is 5.87. The zero-order valence-electron chi connectivity index (χ0n) is 9.43. The molecule has 1 saturated heterocycles. The number of hydrogen-bond donors (Lipinski definition) is 1. The lowest BCUT2D eigenvalue weighted by Crippen LogP contribution is -2.46. The normalized spacial score (nSPS) is 24.0. The van der Waals surface area contributed by atoms with Crippen molar-refractivity contribution in [3.05, 3.63) is 17.5 Å². The molecule has 0 bridgehead atoms. The van der Waals surface area contributed by atoms with Gasteiger partial charge in [-0.15, -0.1) is 11.3 Å². The molecule has 0 aliphatic carbocycles. The first-order chi connectivity index (χ1) is 7.45. The molecule has 0 spiro atoms. The third-order valence-corrected chi connectivity index (χ3v) is 6.29. The van der Waals surface area contributed by atoms with Crippen LogP contribution in [0.3, 0.4) is 0 Å². The Hall–Kier alpha value is -0.590. The van der Waals surface area contributed by atoms with E-state index >= 15 is 0 Å². The van der Waals surface area contributed by atoms with Crippen LogP contribution in [0.1, 0.15) is 13.8 Å². The average molecular weight is 260 g/mol. The molecule has 0 saturated carbocycles. The van der Waals surface area contributed by atoms with Crippen molar-refractivity contribution in [3.63, 3.8) is 0 Å². The minimum Gasteiger partial charge on any atom is -0.313 e. The van der Waals surface area contributed by atoms with Crippen molar-refractivity contribution in [2.24, 2.45) is 0 Å². The Morgan fingerprint density at radius 1 is 1.50 bits per heavy atom. The Morgan fingerprint density at radius 2 is 2.25 bits per heavy atom. The molecular weight excluding hydrogens is 244 g/mol. The van der Waals surface area contributed by atoms with Gasteiger partial charge in [0.2, 0.25) is 10.0 Å². The van der Waals surface area contributed by atoms with Crippen LogP contribution < -0.4 is 9.62 Å². The standard InChI is InChI=1S/C10H16N2O2S2/c1-10(2)8-11-5-6-12(16(10,13)14)9-4-3-7-15-9/h3-4,7,11H,5-6,8H2,1-2H3. The van der Waals surface area contributed by atoms with E-state index in [1.165, 1.54) is 15.6 Å². The van der Waals surface area contributed by atoms with Crippen LogP contribution in [-0.4, -0.2) is 32.8 Å². The quantitative estimate of drug-likeness (QED) is 0.827. The van der Waals surface area contributed by atoms with E-state index in [4.69, 9.17) is 0 Å². The molecule has 1 aliphatic rings. The molecular formula is C10H16N2O2S2. The molecule has 0 aromatic carbocycles. The number of thiophene rings is 1. The Bertz CT molecular complexity index is 451. The van der Waals surface area contributed by atoms with Crippen LogP contribution in [0.15, 0.2) is 17.5 Å². The number of rotatable bonds is 1. The lowest BCUT2D eigenvalue weighted by atomic mass is 10.2. The van der Waals surface area contributed by atoms with Gasteiger partial charge in [-0.05, 0) is 31.4 Å². The molecule has 6 heteroatoms. The summed E-state index contributed by atoms with van der Waals surface area (Å²) in [6.45, 7) is 5.23. The van der Waals surface area contributed by atoms with Gasteiger partial charge in [0.05, 0.1) is 4.75 Å². The average Bonchev–Trinajstić information content (AvgIpc) is 2.66. The Kier molecular flexibility index (Phi) is 2.98. The third-order valence-electron chi connectivity index (χ3n) is 2.78. The van der Waals surface area contributed by atoms with Gasteiger partial charge < -0.3 is 5.32 Å². The first-order valence-electron chi connectivity index (χ1n) is 5.22. The number of nitrogens with one attached hydrogen (secondary N) is 1. The first kappa shape index (κ1) is 11.9. The molecule has 1 N–H and O–H groups in total. The van der Waals surface area contributed by atoms with Crippen molar-refractivity contribution < 1.29 is 8.42 Å². The van der Waals surface area contributed by atoms with E-state index < -0.39 is 14.8 Å². The van der Waals surface area contributed by atoms with Crippen LogP contribution in [-0.2, 0) is 10.0 Å². The minimum atomic E-state index is -3.28. The van der Waals surface area contributed by atoms with Crippen molar-refractivity contribution in [3.8, 4) is 0 Å².